The topological polar surface area (TPSA) is 117 Å². The molecule has 1 fully saturated rings. The van der Waals surface area contributed by atoms with E-state index >= 15 is 0 Å². The number of ether oxygens (including phenoxy) is 2. The fourth-order valence-electron chi connectivity index (χ4n) is 4.80. The third kappa shape index (κ3) is 5.63. The minimum absolute atomic E-state index is 0.0360. The summed E-state index contributed by atoms with van der Waals surface area (Å²) in [5.41, 5.74) is 4.58. The Morgan fingerprint density at radius 3 is 2.31 bits per heavy atom. The van der Waals surface area contributed by atoms with Crippen molar-refractivity contribution in [2.24, 2.45) is 5.92 Å². The maximum atomic E-state index is 12.7. The Morgan fingerprint density at radius 2 is 1.71 bits per heavy atom. The predicted octanol–water partition coefficient (Wildman–Crippen LogP) is 2.06. The Kier molecular flexibility index (Phi) is 7.67. The number of nitrogens with one attached hydrogen (secondary N) is 2. The Hall–Kier alpha value is -3.43. The molecule has 2 aliphatic rings. The number of carbonyl (C=O) groups excluding carboxylic acids is 2. The van der Waals surface area contributed by atoms with Crippen LogP contribution in [0.3, 0.4) is 0 Å². The van der Waals surface area contributed by atoms with E-state index in [1.165, 1.54) is 0 Å². The molecule has 1 aliphatic carbocycles. The fraction of sp³-hybridized carbons (Fsp3) is 0.423. The summed E-state index contributed by atoms with van der Waals surface area (Å²) in [5.74, 6) is -1.91. The molecule has 1 unspecified atom stereocenters. The van der Waals surface area contributed by atoms with Crippen LogP contribution in [0, 0.1) is 5.92 Å². The molecule has 0 aromatic heterocycles. The number of carboxylic acids is 1. The van der Waals surface area contributed by atoms with Gasteiger partial charge < -0.3 is 30.1 Å². The van der Waals surface area contributed by atoms with Gasteiger partial charge in [0.05, 0.1) is 0 Å². The van der Waals surface area contributed by atoms with Gasteiger partial charge >= 0.3 is 12.1 Å². The second-order valence-corrected chi connectivity index (χ2v) is 9.21. The van der Waals surface area contributed by atoms with E-state index < -0.39 is 30.1 Å². The van der Waals surface area contributed by atoms with Crippen LogP contribution in [0.2, 0.25) is 0 Å². The molecule has 1 heterocycles. The van der Waals surface area contributed by atoms with Crippen LogP contribution in [0.4, 0.5) is 4.79 Å². The number of benzene rings is 2. The van der Waals surface area contributed by atoms with Gasteiger partial charge in [-0.2, -0.15) is 0 Å². The van der Waals surface area contributed by atoms with Crippen LogP contribution in [-0.2, 0) is 19.1 Å². The molecule has 4 rings (SSSR count). The molecule has 3 N–H and O–H groups in total. The largest absolute Gasteiger partial charge is 0.480 e. The van der Waals surface area contributed by atoms with Crippen LogP contribution >= 0.6 is 0 Å². The molecule has 186 valence electrons. The zero-order valence-electron chi connectivity index (χ0n) is 19.9. The summed E-state index contributed by atoms with van der Waals surface area (Å²) < 4.78 is 11.1. The van der Waals surface area contributed by atoms with Crippen molar-refractivity contribution in [1.82, 2.24) is 15.5 Å². The van der Waals surface area contributed by atoms with Crippen LogP contribution in [0.25, 0.3) is 11.1 Å². The van der Waals surface area contributed by atoms with Gasteiger partial charge in [-0.3, -0.25) is 4.79 Å². The summed E-state index contributed by atoms with van der Waals surface area (Å²) in [7, 11) is 3.46. The number of carboxylic acid groups (broad SMARTS) is 1. The van der Waals surface area contributed by atoms with Gasteiger partial charge in [0, 0.05) is 31.5 Å². The number of amides is 2. The lowest BCUT2D eigenvalue weighted by Crippen LogP contribution is -2.51. The van der Waals surface area contributed by atoms with Gasteiger partial charge in [-0.1, -0.05) is 48.5 Å². The molecule has 35 heavy (non-hydrogen) atoms. The molecule has 0 radical (unpaired) electrons. The number of likely N-dealkylation sites (N-methyl/N-ethyl adjacent to an activating group) is 1. The third-order valence-electron chi connectivity index (χ3n) is 6.49. The van der Waals surface area contributed by atoms with Gasteiger partial charge in [0.2, 0.25) is 5.91 Å². The molecule has 0 saturated carbocycles. The van der Waals surface area contributed by atoms with Crippen LogP contribution < -0.4 is 10.6 Å². The van der Waals surface area contributed by atoms with E-state index in [4.69, 9.17) is 9.47 Å². The summed E-state index contributed by atoms with van der Waals surface area (Å²) >= 11 is 0. The second kappa shape index (κ2) is 10.9. The maximum absolute atomic E-state index is 12.7. The highest BCUT2D eigenvalue weighted by molar-refractivity contribution is 5.87. The standard InChI is InChI=1S/C26H31N3O6/c1-29(2)14-22(25(31)32)28-24(30)23-16(11-12-34-23)13-27-26(33)35-15-21-19-9-5-3-7-17(19)18-8-4-6-10-20(18)21/h3-10,16,21-23H,11-15H2,1-2H3,(H,27,33)(H,28,30)(H,31,32)/t16-,22?,23-/m1/s1. The number of hydrogen-bond acceptors (Lipinski definition) is 6. The van der Waals surface area contributed by atoms with Crippen molar-refractivity contribution >= 4 is 18.0 Å². The SMILES string of the molecule is CN(C)CC(NC(=O)[C@@H]1OCC[C@@H]1CNC(=O)OCC1c2ccccc2-c2ccccc21)C(=O)O. The Balaban J connectivity index is 1.30. The monoisotopic (exact) mass is 481 g/mol. The van der Waals surface area contributed by atoms with Crippen molar-refractivity contribution in [3.05, 3.63) is 59.7 Å². The van der Waals surface area contributed by atoms with Crippen molar-refractivity contribution < 1.29 is 29.0 Å². The highest BCUT2D eigenvalue weighted by Gasteiger charge is 2.36. The number of aliphatic carboxylic acids is 1. The first kappa shape index (κ1) is 24.7. The van der Waals surface area contributed by atoms with Crippen LogP contribution in [0.1, 0.15) is 23.5 Å². The molecule has 2 amide bonds. The highest BCUT2D eigenvalue weighted by Crippen LogP contribution is 2.44. The Morgan fingerprint density at radius 1 is 1.09 bits per heavy atom. The Bertz CT molecular complexity index is 1040. The lowest BCUT2D eigenvalue weighted by molar-refractivity contribution is -0.144. The third-order valence-corrected chi connectivity index (χ3v) is 6.49. The molecule has 2 aromatic rings. The van der Waals surface area contributed by atoms with E-state index in [0.717, 1.165) is 22.3 Å². The lowest BCUT2D eigenvalue weighted by Gasteiger charge is -2.23. The zero-order chi connectivity index (χ0) is 24.9. The molecule has 9 nitrogen and oxygen atoms in total. The minimum atomic E-state index is -1.11. The van der Waals surface area contributed by atoms with Gasteiger partial charge in [0.15, 0.2) is 0 Å². The number of fused-ring (bicyclic) bond motifs is 3. The van der Waals surface area contributed by atoms with E-state index in [0.29, 0.717) is 13.0 Å². The molecule has 0 bridgehead atoms. The van der Waals surface area contributed by atoms with Gasteiger partial charge in [-0.25, -0.2) is 9.59 Å². The Labute approximate surface area is 204 Å². The first-order valence-electron chi connectivity index (χ1n) is 11.7. The highest BCUT2D eigenvalue weighted by atomic mass is 16.5. The van der Waals surface area contributed by atoms with Crippen molar-refractivity contribution in [1.29, 1.82) is 0 Å². The van der Waals surface area contributed by atoms with Crippen molar-refractivity contribution in [2.75, 3.05) is 40.4 Å². The average molecular weight is 482 g/mol. The van der Waals surface area contributed by atoms with Gasteiger partial charge in [0.1, 0.15) is 18.8 Å². The van der Waals surface area contributed by atoms with Gasteiger partial charge in [0.25, 0.3) is 0 Å². The predicted molar refractivity (Wildman–Crippen MR) is 129 cm³/mol. The van der Waals surface area contributed by atoms with Crippen molar-refractivity contribution in [3.8, 4) is 11.1 Å². The smallest absolute Gasteiger partial charge is 0.407 e. The van der Waals surface area contributed by atoms with Crippen molar-refractivity contribution in [3.63, 3.8) is 0 Å². The van der Waals surface area contributed by atoms with E-state index in [1.807, 2.05) is 24.3 Å². The summed E-state index contributed by atoms with van der Waals surface area (Å²) in [5, 5.41) is 14.7. The summed E-state index contributed by atoms with van der Waals surface area (Å²) in [6, 6.07) is 15.2. The average Bonchev–Trinajstić information content (AvgIpc) is 3.43. The number of carbonyl (C=O) groups is 3. The number of alkyl carbamates (subject to hydrolysis) is 1. The molecular weight excluding hydrogens is 450 g/mol. The molecule has 9 heteroatoms. The van der Waals surface area contributed by atoms with E-state index in [2.05, 4.69) is 34.9 Å². The fourth-order valence-corrected chi connectivity index (χ4v) is 4.80. The van der Waals surface area contributed by atoms with Crippen LogP contribution in [-0.4, -0.2) is 80.5 Å². The molecule has 1 aliphatic heterocycles. The lowest BCUT2D eigenvalue weighted by atomic mass is 9.98. The maximum Gasteiger partial charge on any atom is 0.407 e. The molecule has 1 saturated heterocycles. The normalized spacial score (nSPS) is 19.6. The second-order valence-electron chi connectivity index (χ2n) is 9.21. The van der Waals surface area contributed by atoms with E-state index in [-0.39, 0.29) is 31.5 Å². The first-order chi connectivity index (χ1) is 16.8. The minimum Gasteiger partial charge on any atom is -0.480 e. The number of rotatable bonds is 9. The first-order valence-corrected chi connectivity index (χ1v) is 11.7. The molecular formula is C26H31N3O6. The van der Waals surface area contributed by atoms with Crippen LogP contribution in [0.5, 0.6) is 0 Å². The summed E-state index contributed by atoms with van der Waals surface area (Å²) in [6.45, 7) is 0.924. The van der Waals surface area contributed by atoms with Gasteiger partial charge in [-0.05, 0) is 42.8 Å². The molecule has 3 atom stereocenters. The van der Waals surface area contributed by atoms with Gasteiger partial charge in [-0.15, -0.1) is 0 Å². The van der Waals surface area contributed by atoms with Crippen molar-refractivity contribution in [2.45, 2.75) is 24.5 Å². The number of hydrogen-bond donors (Lipinski definition) is 3. The summed E-state index contributed by atoms with van der Waals surface area (Å²) in [4.78, 5) is 38.3. The molecule has 2 aromatic carbocycles. The quantitative estimate of drug-likeness (QED) is 0.502. The van der Waals surface area contributed by atoms with E-state index in [9.17, 15) is 19.5 Å². The summed E-state index contributed by atoms with van der Waals surface area (Å²) in [6.07, 6.45) is -0.811. The number of nitrogens with zero attached hydrogens (tertiary/aromatic N) is 1. The molecule has 0 spiro atoms. The van der Waals surface area contributed by atoms with Crippen LogP contribution in [0.15, 0.2) is 48.5 Å². The van der Waals surface area contributed by atoms with E-state index in [1.54, 1.807) is 19.0 Å². The zero-order valence-corrected chi connectivity index (χ0v) is 19.9.